The maximum atomic E-state index is 13.7. The second-order valence-electron chi connectivity index (χ2n) is 8.15. The van der Waals surface area contributed by atoms with Crippen molar-refractivity contribution in [2.24, 2.45) is 5.92 Å². The van der Waals surface area contributed by atoms with Crippen molar-refractivity contribution in [3.05, 3.63) is 70.9 Å². The Hall–Kier alpha value is -4.20. The molecule has 2 aromatic carbocycles. The van der Waals surface area contributed by atoms with E-state index in [9.17, 15) is 24.3 Å². The van der Waals surface area contributed by atoms with Crippen LogP contribution >= 0.6 is 22.9 Å². The third kappa shape index (κ3) is 7.41. The third-order valence-corrected chi connectivity index (χ3v) is 6.37. The van der Waals surface area contributed by atoms with E-state index in [4.69, 9.17) is 21.6 Å². The lowest BCUT2D eigenvalue weighted by atomic mass is 9.95. The number of nitrogens with one attached hydrogen (secondary N) is 1. The molecule has 3 rings (SSSR count). The van der Waals surface area contributed by atoms with E-state index in [0.29, 0.717) is 11.3 Å². The fourth-order valence-corrected chi connectivity index (χ4v) is 4.60. The molecule has 0 fully saturated rings. The molecule has 9 nitrogen and oxygen atoms in total. The number of aliphatic carboxylic acids is 1. The molecule has 0 aliphatic carbocycles. The number of amides is 2. The molecule has 0 radical (unpaired) electrons. The fourth-order valence-electron chi connectivity index (χ4n) is 3.76. The van der Waals surface area contributed by atoms with Crippen molar-refractivity contribution in [3.8, 4) is 17.2 Å². The topological polar surface area (TPSA) is 137 Å². The highest BCUT2D eigenvalue weighted by atomic mass is 35.5. The molecule has 2 amide bonds. The number of ether oxygens (including phenoxy) is 1. The van der Waals surface area contributed by atoms with E-state index in [0.717, 1.165) is 18.1 Å². The van der Waals surface area contributed by atoms with Gasteiger partial charge < -0.3 is 20.1 Å². The number of esters is 1. The summed E-state index contributed by atoms with van der Waals surface area (Å²) in [5, 5.41) is 25.0. The van der Waals surface area contributed by atoms with Gasteiger partial charge in [0.2, 0.25) is 5.91 Å². The number of nitrogens with zero attached hydrogens (tertiary/aromatic N) is 2. The zero-order chi connectivity index (χ0) is 27.7. The molecule has 1 heterocycles. The Labute approximate surface area is 228 Å². The number of benzene rings is 2. The Kier molecular flexibility index (Phi) is 9.99. The standard InChI is InChI=1S/C27H24ClN3O6S/c1-17(32)37-25(26(35)30-21-6-2-18(15-29)3-7-21)23(14-24(33)34)27(36)31(12-11-28)22-8-4-19(5-9-22)20-10-13-38-16-20/h2-10,13,16,23,25H,11-12,14H2,1H3,(H,30,35)(H,33,34)/t23-,25-/m1/s1. The van der Waals surface area contributed by atoms with E-state index in [1.54, 1.807) is 23.5 Å². The minimum absolute atomic E-state index is 0.0261. The van der Waals surface area contributed by atoms with Gasteiger partial charge in [0.25, 0.3) is 5.91 Å². The Morgan fingerprint density at radius 3 is 2.29 bits per heavy atom. The van der Waals surface area contributed by atoms with Crippen LogP contribution in [0.2, 0.25) is 0 Å². The van der Waals surface area contributed by atoms with E-state index >= 15 is 0 Å². The summed E-state index contributed by atoms with van der Waals surface area (Å²) in [6, 6.07) is 16.8. The van der Waals surface area contributed by atoms with Crippen molar-refractivity contribution >= 4 is 58.1 Å². The number of carboxylic acids is 1. The summed E-state index contributed by atoms with van der Waals surface area (Å²) in [5.74, 6) is -5.36. The normalized spacial score (nSPS) is 12.0. The largest absolute Gasteiger partial charge is 0.481 e. The van der Waals surface area contributed by atoms with Crippen molar-refractivity contribution in [1.29, 1.82) is 5.26 Å². The van der Waals surface area contributed by atoms with E-state index in [1.165, 1.54) is 29.2 Å². The first-order valence-electron chi connectivity index (χ1n) is 11.4. The number of hydrogen-bond donors (Lipinski definition) is 2. The van der Waals surface area contributed by atoms with E-state index < -0.39 is 42.2 Å². The van der Waals surface area contributed by atoms with E-state index in [2.05, 4.69) is 5.32 Å². The van der Waals surface area contributed by atoms with Gasteiger partial charge in [-0.15, -0.1) is 11.6 Å². The Morgan fingerprint density at radius 2 is 1.76 bits per heavy atom. The first-order valence-corrected chi connectivity index (χ1v) is 12.9. The molecule has 0 aliphatic rings. The van der Waals surface area contributed by atoms with Gasteiger partial charge in [0, 0.05) is 30.7 Å². The number of anilines is 2. The van der Waals surface area contributed by atoms with Crippen LogP contribution in [0.5, 0.6) is 0 Å². The van der Waals surface area contributed by atoms with Gasteiger partial charge >= 0.3 is 11.9 Å². The molecular formula is C27H24ClN3O6S. The molecule has 38 heavy (non-hydrogen) atoms. The summed E-state index contributed by atoms with van der Waals surface area (Å²) in [7, 11) is 0. The van der Waals surface area contributed by atoms with Gasteiger partial charge in [-0.3, -0.25) is 19.2 Å². The maximum absolute atomic E-state index is 13.7. The summed E-state index contributed by atoms with van der Waals surface area (Å²) in [6.07, 6.45) is -2.52. The van der Waals surface area contributed by atoms with Crippen LogP contribution < -0.4 is 10.2 Å². The van der Waals surface area contributed by atoms with Crippen molar-refractivity contribution in [3.63, 3.8) is 0 Å². The Bertz CT molecular complexity index is 1320. The van der Waals surface area contributed by atoms with Gasteiger partial charge in [-0.2, -0.15) is 16.6 Å². The predicted octanol–water partition coefficient (Wildman–Crippen LogP) is 4.52. The molecule has 196 valence electrons. The SMILES string of the molecule is CC(=O)O[C@@H](C(=O)Nc1ccc(C#N)cc1)[C@@H](CC(=O)O)C(=O)N(CCCl)c1ccc(-c2ccsc2)cc1. The number of alkyl halides is 1. The Morgan fingerprint density at radius 1 is 1.08 bits per heavy atom. The highest BCUT2D eigenvalue weighted by Crippen LogP contribution is 2.28. The average molecular weight is 554 g/mol. The van der Waals surface area contributed by atoms with Crippen LogP contribution in [0, 0.1) is 17.2 Å². The molecule has 3 aromatic rings. The molecule has 0 aliphatic heterocycles. The van der Waals surface area contributed by atoms with Gasteiger partial charge in [-0.05, 0) is 64.4 Å². The molecule has 0 spiro atoms. The second-order valence-corrected chi connectivity index (χ2v) is 9.31. The van der Waals surface area contributed by atoms with Crippen molar-refractivity contribution in [2.45, 2.75) is 19.4 Å². The first-order chi connectivity index (χ1) is 18.2. The van der Waals surface area contributed by atoms with Crippen LogP contribution in [0.4, 0.5) is 11.4 Å². The molecule has 1 aromatic heterocycles. The van der Waals surface area contributed by atoms with Crippen LogP contribution in [0.15, 0.2) is 65.4 Å². The lowest BCUT2D eigenvalue weighted by Gasteiger charge is -2.30. The quantitative estimate of drug-likeness (QED) is 0.263. The van der Waals surface area contributed by atoms with Crippen molar-refractivity contribution in [1.82, 2.24) is 0 Å². The van der Waals surface area contributed by atoms with Crippen LogP contribution in [0.25, 0.3) is 11.1 Å². The monoisotopic (exact) mass is 553 g/mol. The minimum atomic E-state index is -1.74. The molecule has 0 saturated carbocycles. The maximum Gasteiger partial charge on any atom is 0.304 e. The van der Waals surface area contributed by atoms with Gasteiger partial charge in [-0.1, -0.05) is 12.1 Å². The fraction of sp³-hybridized carbons (Fsp3) is 0.222. The smallest absolute Gasteiger partial charge is 0.304 e. The molecule has 0 saturated heterocycles. The highest BCUT2D eigenvalue weighted by Gasteiger charge is 2.40. The summed E-state index contributed by atoms with van der Waals surface area (Å²) >= 11 is 7.52. The number of carbonyl (C=O) groups excluding carboxylic acids is 3. The zero-order valence-electron chi connectivity index (χ0n) is 20.3. The highest BCUT2D eigenvalue weighted by molar-refractivity contribution is 7.08. The van der Waals surface area contributed by atoms with Crippen LogP contribution in [0.3, 0.4) is 0 Å². The van der Waals surface area contributed by atoms with Crippen molar-refractivity contribution in [2.75, 3.05) is 22.6 Å². The minimum Gasteiger partial charge on any atom is -0.481 e. The van der Waals surface area contributed by atoms with E-state index in [-0.39, 0.29) is 18.1 Å². The third-order valence-electron chi connectivity index (χ3n) is 5.52. The number of hydrogen-bond acceptors (Lipinski definition) is 7. The van der Waals surface area contributed by atoms with Gasteiger partial charge in [0.15, 0.2) is 6.10 Å². The second kappa shape index (κ2) is 13.4. The number of halogens is 1. The molecule has 2 atom stereocenters. The first kappa shape index (κ1) is 28.4. The number of thiophene rings is 1. The number of carbonyl (C=O) groups is 4. The van der Waals surface area contributed by atoms with Crippen LogP contribution in [-0.2, 0) is 23.9 Å². The average Bonchev–Trinajstić information content (AvgIpc) is 3.44. The van der Waals surface area contributed by atoms with Gasteiger partial charge in [-0.25, -0.2) is 0 Å². The molecule has 2 N–H and O–H groups in total. The number of nitriles is 1. The summed E-state index contributed by atoms with van der Waals surface area (Å²) in [6.45, 7) is 1.09. The van der Waals surface area contributed by atoms with E-state index in [1.807, 2.05) is 35.0 Å². The number of rotatable bonds is 11. The predicted molar refractivity (Wildman–Crippen MR) is 144 cm³/mol. The van der Waals surface area contributed by atoms with Crippen molar-refractivity contribution < 1.29 is 29.0 Å². The number of carboxylic acid groups (broad SMARTS) is 1. The lowest BCUT2D eigenvalue weighted by molar-refractivity contribution is -0.160. The summed E-state index contributed by atoms with van der Waals surface area (Å²) in [4.78, 5) is 51.8. The van der Waals surface area contributed by atoms with Gasteiger partial charge in [0.05, 0.1) is 24.0 Å². The summed E-state index contributed by atoms with van der Waals surface area (Å²) < 4.78 is 5.20. The lowest BCUT2D eigenvalue weighted by Crippen LogP contribution is -2.48. The molecule has 11 heteroatoms. The molecule has 0 unspecified atom stereocenters. The van der Waals surface area contributed by atoms with Crippen LogP contribution in [0.1, 0.15) is 18.9 Å². The molecular weight excluding hydrogens is 530 g/mol. The molecule has 0 bridgehead atoms. The Balaban J connectivity index is 1.93. The zero-order valence-corrected chi connectivity index (χ0v) is 21.9. The van der Waals surface area contributed by atoms with Crippen LogP contribution in [-0.4, -0.2) is 47.4 Å². The van der Waals surface area contributed by atoms with Gasteiger partial charge in [0.1, 0.15) is 0 Å². The summed E-state index contributed by atoms with van der Waals surface area (Å²) in [5.41, 5.74) is 3.01.